The maximum Gasteiger partial charge on any atom is 0.434 e. The van der Waals surface area contributed by atoms with E-state index in [9.17, 15) is 18.4 Å². The highest BCUT2D eigenvalue weighted by Gasteiger charge is 2.19. The number of hydrogen-bond donors (Lipinski definition) is 0. The topological polar surface area (TPSA) is 55.7 Å². The van der Waals surface area contributed by atoms with Crippen molar-refractivity contribution >= 4 is 17.6 Å². The molecule has 0 heterocycles. The highest BCUT2D eigenvalue weighted by atomic mass is 19.1. The van der Waals surface area contributed by atoms with Gasteiger partial charge in [-0.3, -0.25) is 4.79 Å². The van der Waals surface area contributed by atoms with Gasteiger partial charge in [0.25, 0.3) is 0 Å². The molecule has 0 unspecified atom stereocenters. The fraction of sp³-hybridized carbons (Fsp3) is 0.438. The first kappa shape index (κ1) is 17.9. The lowest BCUT2D eigenvalue weighted by atomic mass is 10.0. The number of amides is 1. The molecule has 1 amide bonds. The summed E-state index contributed by atoms with van der Waals surface area (Å²) in [5.41, 5.74) is -0.602. The van der Waals surface area contributed by atoms with Crippen LogP contribution in [0.1, 0.15) is 39.7 Å². The largest absolute Gasteiger partial charge is 0.442 e. The van der Waals surface area contributed by atoms with Gasteiger partial charge in [0.1, 0.15) is 17.2 Å². The molecule has 0 aromatic heterocycles. The molecule has 0 saturated carbocycles. The van der Waals surface area contributed by atoms with Crippen molar-refractivity contribution in [1.82, 2.24) is 0 Å². The molecule has 0 spiro atoms. The van der Waals surface area contributed by atoms with E-state index in [0.29, 0.717) is 0 Å². The van der Waals surface area contributed by atoms with E-state index in [0.717, 1.165) is 18.2 Å². The second kappa shape index (κ2) is 7.24. The summed E-state index contributed by atoms with van der Waals surface area (Å²) in [5, 5.41) is 0. The average molecular weight is 311 g/mol. The molecule has 0 saturated heterocycles. The van der Waals surface area contributed by atoms with Crippen LogP contribution in [0.5, 0.6) is 0 Å². The Morgan fingerprint density at radius 1 is 1.14 bits per heavy atom. The van der Waals surface area contributed by atoms with E-state index in [1.165, 1.54) is 0 Å². The number of carbonyl (C=O) groups is 2. The monoisotopic (exact) mass is 311 g/mol. The highest BCUT2D eigenvalue weighted by molar-refractivity contribution is 6.41. The average Bonchev–Trinajstić information content (AvgIpc) is 2.33. The Bertz CT molecular complexity index is 584. The van der Waals surface area contributed by atoms with Crippen LogP contribution >= 0.6 is 0 Å². The minimum atomic E-state index is -0.902. The van der Waals surface area contributed by atoms with Crippen LogP contribution in [-0.4, -0.2) is 23.2 Å². The van der Waals surface area contributed by atoms with E-state index in [2.05, 4.69) is 4.99 Å². The number of ether oxygens (including phenoxy) is 1. The first-order valence-corrected chi connectivity index (χ1v) is 6.89. The van der Waals surface area contributed by atoms with Gasteiger partial charge in [0, 0.05) is 18.9 Å². The predicted molar refractivity (Wildman–Crippen MR) is 79.0 cm³/mol. The van der Waals surface area contributed by atoms with Gasteiger partial charge >= 0.3 is 6.09 Å². The summed E-state index contributed by atoms with van der Waals surface area (Å²) < 4.78 is 31.4. The van der Waals surface area contributed by atoms with Gasteiger partial charge in [0.2, 0.25) is 0 Å². The summed E-state index contributed by atoms with van der Waals surface area (Å²) in [6.07, 6.45) is -0.916. The fourth-order valence-electron chi connectivity index (χ4n) is 1.71. The number of ketones is 1. The molecule has 0 aliphatic heterocycles. The molecule has 0 aliphatic carbocycles. The van der Waals surface area contributed by atoms with Crippen molar-refractivity contribution in [3.63, 3.8) is 0 Å². The smallest absolute Gasteiger partial charge is 0.434 e. The molecule has 1 aromatic carbocycles. The van der Waals surface area contributed by atoms with Crippen molar-refractivity contribution < 1.29 is 23.1 Å². The fourth-order valence-corrected chi connectivity index (χ4v) is 1.71. The molecule has 0 N–H and O–H groups in total. The molecule has 6 heteroatoms. The second-order valence-corrected chi connectivity index (χ2v) is 5.77. The van der Waals surface area contributed by atoms with Gasteiger partial charge < -0.3 is 4.74 Å². The number of carbonyl (C=O) groups excluding carboxylic acids is 2. The zero-order chi connectivity index (χ0) is 16.9. The van der Waals surface area contributed by atoms with Crippen molar-refractivity contribution in [2.24, 2.45) is 4.99 Å². The van der Waals surface area contributed by atoms with E-state index in [4.69, 9.17) is 4.74 Å². The van der Waals surface area contributed by atoms with Crippen molar-refractivity contribution in [3.8, 4) is 0 Å². The van der Waals surface area contributed by atoms with E-state index in [1.54, 1.807) is 27.7 Å². The summed E-state index contributed by atoms with van der Waals surface area (Å²) in [6.45, 7) is 6.62. The maximum absolute atomic E-state index is 13.2. The molecule has 1 rings (SSSR count). The van der Waals surface area contributed by atoms with Gasteiger partial charge in [0.15, 0.2) is 5.78 Å². The van der Waals surface area contributed by atoms with Crippen LogP contribution < -0.4 is 0 Å². The van der Waals surface area contributed by atoms with Crippen molar-refractivity contribution in [1.29, 1.82) is 0 Å². The second-order valence-electron chi connectivity index (χ2n) is 5.77. The molecule has 1 aromatic rings. The Morgan fingerprint density at radius 3 is 2.14 bits per heavy atom. The lowest BCUT2D eigenvalue weighted by Crippen LogP contribution is -2.24. The Hall–Kier alpha value is -2.11. The molecule has 0 atom stereocenters. The Balaban J connectivity index is 3.03. The molecule has 0 bridgehead atoms. The number of halogens is 2. The van der Waals surface area contributed by atoms with E-state index < -0.39 is 23.3 Å². The van der Waals surface area contributed by atoms with Crippen LogP contribution in [0.2, 0.25) is 0 Å². The Kier molecular flexibility index (Phi) is 5.91. The lowest BCUT2D eigenvalue weighted by molar-refractivity contribution is -0.112. The van der Waals surface area contributed by atoms with Gasteiger partial charge in [-0.15, -0.1) is 0 Å². The van der Waals surface area contributed by atoms with E-state index >= 15 is 0 Å². The molecular weight excluding hydrogens is 292 g/mol. The van der Waals surface area contributed by atoms with Crippen molar-refractivity contribution in [3.05, 3.63) is 35.4 Å². The summed E-state index contributed by atoms with van der Waals surface area (Å²) in [4.78, 5) is 27.2. The Labute approximate surface area is 128 Å². The number of aliphatic imine (C=N–C) groups is 1. The number of rotatable bonds is 4. The number of benzene rings is 1. The maximum atomic E-state index is 13.2. The molecule has 0 aliphatic rings. The van der Waals surface area contributed by atoms with Gasteiger partial charge in [0.05, 0.1) is 5.71 Å². The first-order chi connectivity index (χ1) is 10.1. The van der Waals surface area contributed by atoms with E-state index in [1.807, 2.05) is 0 Å². The van der Waals surface area contributed by atoms with Crippen LogP contribution in [0.3, 0.4) is 0 Å². The van der Waals surface area contributed by atoms with Crippen LogP contribution in [0.25, 0.3) is 0 Å². The third-order valence-corrected chi connectivity index (χ3v) is 2.56. The van der Waals surface area contributed by atoms with Gasteiger partial charge in [-0.2, -0.15) is 4.99 Å². The van der Waals surface area contributed by atoms with Gasteiger partial charge in [-0.25, -0.2) is 13.6 Å². The third-order valence-electron chi connectivity index (χ3n) is 2.56. The standard InChI is InChI=1S/C16H19F2NO3/c1-5-14(20)13(19-15(21)22-16(2,3)4)8-10-6-11(17)9-12(18)7-10/h6-7,9H,5,8H2,1-4H3. The molecule has 120 valence electrons. The van der Waals surface area contributed by atoms with E-state index in [-0.39, 0.29) is 29.9 Å². The highest BCUT2D eigenvalue weighted by Crippen LogP contribution is 2.12. The number of hydrogen-bond acceptors (Lipinski definition) is 3. The molecule has 4 nitrogen and oxygen atoms in total. The van der Waals surface area contributed by atoms with Crippen LogP contribution in [-0.2, 0) is 16.0 Å². The van der Waals surface area contributed by atoms with Crippen molar-refractivity contribution in [2.45, 2.75) is 46.1 Å². The molecular formula is C16H19F2NO3. The minimum absolute atomic E-state index is 0.0817. The molecule has 22 heavy (non-hydrogen) atoms. The minimum Gasteiger partial charge on any atom is -0.442 e. The number of Topliss-reactive ketones (excluding diaryl/α,β-unsaturated/α-hetero) is 1. The molecule has 0 fully saturated rings. The summed E-state index contributed by atoms with van der Waals surface area (Å²) in [6, 6.07) is 2.92. The summed E-state index contributed by atoms with van der Waals surface area (Å²) in [7, 11) is 0. The Morgan fingerprint density at radius 2 is 1.68 bits per heavy atom. The predicted octanol–water partition coefficient (Wildman–Crippen LogP) is 3.86. The summed E-state index contributed by atoms with van der Waals surface area (Å²) >= 11 is 0. The third kappa shape index (κ3) is 6.11. The van der Waals surface area contributed by atoms with Crippen LogP contribution in [0.15, 0.2) is 23.2 Å². The van der Waals surface area contributed by atoms with Gasteiger partial charge in [-0.1, -0.05) is 6.92 Å². The quantitative estimate of drug-likeness (QED) is 0.793. The molecule has 0 radical (unpaired) electrons. The zero-order valence-corrected chi connectivity index (χ0v) is 13.1. The zero-order valence-electron chi connectivity index (χ0n) is 13.1. The first-order valence-electron chi connectivity index (χ1n) is 6.89. The summed E-state index contributed by atoms with van der Waals surface area (Å²) in [5.74, 6) is -1.89. The lowest BCUT2D eigenvalue weighted by Gasteiger charge is -2.17. The van der Waals surface area contributed by atoms with Crippen LogP contribution in [0.4, 0.5) is 13.6 Å². The number of nitrogens with zero attached hydrogens (tertiary/aromatic N) is 1. The van der Waals surface area contributed by atoms with Crippen LogP contribution in [0, 0.1) is 11.6 Å². The van der Waals surface area contributed by atoms with Gasteiger partial charge in [-0.05, 0) is 38.5 Å². The normalized spacial score (nSPS) is 12.2. The van der Waals surface area contributed by atoms with Crippen molar-refractivity contribution in [2.75, 3.05) is 0 Å². The SMILES string of the molecule is CCC(=O)C(Cc1cc(F)cc(F)c1)=NC(=O)OC(C)(C)C.